The summed E-state index contributed by atoms with van der Waals surface area (Å²) in [5.74, 6) is 0.454. The second-order valence-electron chi connectivity index (χ2n) is 4.38. The van der Waals surface area contributed by atoms with Gasteiger partial charge >= 0.3 is 0 Å². The molecule has 5 nitrogen and oxygen atoms in total. The molecule has 2 aromatic heterocycles. The Morgan fingerprint density at radius 2 is 2.33 bits per heavy atom. The molecule has 0 saturated heterocycles. The van der Waals surface area contributed by atoms with Crippen LogP contribution in [0.4, 0.5) is 0 Å². The van der Waals surface area contributed by atoms with Gasteiger partial charge in [-0.25, -0.2) is 0 Å². The maximum atomic E-state index is 12.2. The number of amides is 1. The highest BCUT2D eigenvalue weighted by Crippen LogP contribution is 2.07. The predicted molar refractivity (Wildman–Crippen MR) is 77.6 cm³/mol. The van der Waals surface area contributed by atoms with Crippen molar-refractivity contribution in [1.29, 1.82) is 5.26 Å². The standard InChI is InChI=1S/C16H15N3O2/c17-8-3-10-19(13-14-4-1-9-18-12-14)16(20)7-6-15-5-2-11-21-15/h1-2,4-7,9,11-12H,3,10,13H2/b7-6-. The molecule has 1 amide bonds. The Balaban J connectivity index is 2.04. The van der Waals surface area contributed by atoms with Crippen LogP contribution in [0, 0.1) is 11.3 Å². The SMILES string of the molecule is N#CCCN(Cc1cccnc1)C(=O)/C=C\c1ccco1. The van der Waals surface area contributed by atoms with E-state index < -0.39 is 0 Å². The van der Waals surface area contributed by atoms with Crippen LogP contribution in [-0.4, -0.2) is 22.3 Å². The van der Waals surface area contributed by atoms with Crippen molar-refractivity contribution in [1.82, 2.24) is 9.88 Å². The van der Waals surface area contributed by atoms with Gasteiger partial charge in [-0.2, -0.15) is 5.26 Å². The minimum atomic E-state index is -0.162. The topological polar surface area (TPSA) is 70.1 Å². The lowest BCUT2D eigenvalue weighted by Crippen LogP contribution is -2.29. The number of carbonyl (C=O) groups is 1. The van der Waals surface area contributed by atoms with Gasteiger partial charge in [0.15, 0.2) is 0 Å². The van der Waals surface area contributed by atoms with Crippen molar-refractivity contribution in [2.75, 3.05) is 6.54 Å². The first-order valence-corrected chi connectivity index (χ1v) is 6.56. The van der Waals surface area contributed by atoms with Crippen LogP contribution in [0.15, 0.2) is 53.4 Å². The van der Waals surface area contributed by atoms with Crippen molar-refractivity contribution in [3.8, 4) is 6.07 Å². The fourth-order valence-electron chi connectivity index (χ4n) is 1.81. The van der Waals surface area contributed by atoms with Gasteiger partial charge in [-0.3, -0.25) is 9.78 Å². The van der Waals surface area contributed by atoms with Crippen LogP contribution in [-0.2, 0) is 11.3 Å². The zero-order valence-corrected chi connectivity index (χ0v) is 11.5. The van der Waals surface area contributed by atoms with Gasteiger partial charge in [-0.05, 0) is 29.8 Å². The van der Waals surface area contributed by atoms with E-state index in [4.69, 9.17) is 9.68 Å². The molecule has 2 heterocycles. The number of carbonyl (C=O) groups excluding carboxylic acids is 1. The highest BCUT2D eigenvalue weighted by Gasteiger charge is 2.11. The van der Waals surface area contributed by atoms with E-state index in [1.54, 1.807) is 41.8 Å². The lowest BCUT2D eigenvalue weighted by molar-refractivity contribution is -0.126. The molecule has 0 aliphatic rings. The van der Waals surface area contributed by atoms with Crippen LogP contribution >= 0.6 is 0 Å². The predicted octanol–water partition coefficient (Wildman–Crippen LogP) is 2.63. The summed E-state index contributed by atoms with van der Waals surface area (Å²) in [6.07, 6.45) is 8.30. The first-order chi connectivity index (χ1) is 10.3. The van der Waals surface area contributed by atoms with E-state index >= 15 is 0 Å². The van der Waals surface area contributed by atoms with Crippen molar-refractivity contribution in [3.63, 3.8) is 0 Å². The zero-order valence-electron chi connectivity index (χ0n) is 11.5. The maximum Gasteiger partial charge on any atom is 0.247 e. The van der Waals surface area contributed by atoms with E-state index in [0.717, 1.165) is 5.56 Å². The Morgan fingerprint density at radius 1 is 1.43 bits per heavy atom. The minimum absolute atomic E-state index is 0.162. The number of furan rings is 1. The maximum absolute atomic E-state index is 12.2. The first-order valence-electron chi connectivity index (χ1n) is 6.56. The lowest BCUT2D eigenvalue weighted by Gasteiger charge is -2.19. The molecule has 106 valence electrons. The number of hydrogen-bond acceptors (Lipinski definition) is 4. The molecule has 0 spiro atoms. The molecule has 21 heavy (non-hydrogen) atoms. The van der Waals surface area contributed by atoms with E-state index in [1.165, 1.54) is 6.08 Å². The first kappa shape index (κ1) is 14.5. The molecule has 0 aliphatic heterocycles. The quantitative estimate of drug-likeness (QED) is 0.763. The summed E-state index contributed by atoms with van der Waals surface area (Å²) >= 11 is 0. The summed E-state index contributed by atoms with van der Waals surface area (Å²) in [6.45, 7) is 0.809. The number of aromatic nitrogens is 1. The molecule has 5 heteroatoms. The van der Waals surface area contributed by atoms with Crippen molar-refractivity contribution in [2.45, 2.75) is 13.0 Å². The third-order valence-electron chi connectivity index (χ3n) is 2.83. The average molecular weight is 281 g/mol. The molecular formula is C16H15N3O2. The largest absolute Gasteiger partial charge is 0.465 e. The van der Waals surface area contributed by atoms with Crippen molar-refractivity contribution in [3.05, 3.63) is 60.3 Å². The molecule has 2 aromatic rings. The Hall–Kier alpha value is -2.87. The van der Waals surface area contributed by atoms with E-state index in [2.05, 4.69) is 11.1 Å². The van der Waals surface area contributed by atoms with Crippen LogP contribution in [0.2, 0.25) is 0 Å². The van der Waals surface area contributed by atoms with Crippen LogP contribution in [0.5, 0.6) is 0 Å². The normalized spacial score (nSPS) is 10.4. The van der Waals surface area contributed by atoms with E-state index in [9.17, 15) is 4.79 Å². The van der Waals surface area contributed by atoms with Crippen LogP contribution in [0.1, 0.15) is 17.7 Å². The van der Waals surface area contributed by atoms with Gasteiger partial charge in [0.1, 0.15) is 5.76 Å². The van der Waals surface area contributed by atoms with Gasteiger partial charge in [-0.15, -0.1) is 0 Å². The highest BCUT2D eigenvalue weighted by molar-refractivity contribution is 5.91. The van der Waals surface area contributed by atoms with Crippen LogP contribution in [0.25, 0.3) is 6.08 Å². The minimum Gasteiger partial charge on any atom is -0.465 e. The Kier molecular flexibility index (Phi) is 5.30. The zero-order chi connectivity index (χ0) is 14.9. The summed E-state index contributed by atoms with van der Waals surface area (Å²) in [5.41, 5.74) is 0.926. The van der Waals surface area contributed by atoms with Gasteiger partial charge < -0.3 is 9.32 Å². The van der Waals surface area contributed by atoms with Crippen molar-refractivity contribution in [2.24, 2.45) is 0 Å². The molecular weight excluding hydrogens is 266 g/mol. The number of hydrogen-bond donors (Lipinski definition) is 0. The molecule has 0 aromatic carbocycles. The third-order valence-corrected chi connectivity index (χ3v) is 2.83. The summed E-state index contributed by atoms with van der Waals surface area (Å²) in [7, 11) is 0. The monoisotopic (exact) mass is 281 g/mol. The summed E-state index contributed by atoms with van der Waals surface area (Å²) in [4.78, 5) is 17.9. The van der Waals surface area contributed by atoms with Gasteiger partial charge in [-0.1, -0.05) is 6.07 Å². The van der Waals surface area contributed by atoms with Gasteiger partial charge in [0.2, 0.25) is 5.91 Å². The second-order valence-corrected chi connectivity index (χ2v) is 4.38. The van der Waals surface area contributed by atoms with Crippen LogP contribution < -0.4 is 0 Å². The van der Waals surface area contributed by atoms with E-state index in [1.807, 2.05) is 12.1 Å². The van der Waals surface area contributed by atoms with E-state index in [-0.39, 0.29) is 5.91 Å². The van der Waals surface area contributed by atoms with E-state index in [0.29, 0.717) is 25.3 Å². The summed E-state index contributed by atoms with van der Waals surface area (Å²) in [6, 6.07) is 9.30. The average Bonchev–Trinajstić information content (AvgIpc) is 3.03. The smallest absolute Gasteiger partial charge is 0.247 e. The molecule has 0 saturated carbocycles. The molecule has 0 unspecified atom stereocenters. The third kappa shape index (κ3) is 4.62. The van der Waals surface area contributed by atoms with Crippen molar-refractivity contribution >= 4 is 12.0 Å². The Bertz CT molecular complexity index is 627. The molecule has 0 fully saturated rings. The summed E-state index contributed by atoms with van der Waals surface area (Å²) < 4.78 is 5.14. The highest BCUT2D eigenvalue weighted by atomic mass is 16.3. The van der Waals surface area contributed by atoms with Crippen molar-refractivity contribution < 1.29 is 9.21 Å². The molecule has 0 atom stereocenters. The Morgan fingerprint density at radius 3 is 3.00 bits per heavy atom. The fourth-order valence-corrected chi connectivity index (χ4v) is 1.81. The summed E-state index contributed by atoms with van der Waals surface area (Å²) in [5, 5.41) is 8.71. The van der Waals surface area contributed by atoms with Crippen LogP contribution in [0.3, 0.4) is 0 Å². The fraction of sp³-hybridized carbons (Fsp3) is 0.188. The molecule has 0 radical (unpaired) electrons. The number of nitriles is 1. The molecule has 2 rings (SSSR count). The lowest BCUT2D eigenvalue weighted by atomic mass is 10.2. The number of nitrogens with zero attached hydrogens (tertiary/aromatic N) is 3. The van der Waals surface area contributed by atoms with Gasteiger partial charge in [0.05, 0.1) is 18.8 Å². The molecule has 0 aliphatic carbocycles. The van der Waals surface area contributed by atoms with Gasteiger partial charge in [0, 0.05) is 31.6 Å². The number of pyridine rings is 1. The molecule has 0 N–H and O–H groups in total. The van der Waals surface area contributed by atoms with Gasteiger partial charge in [0.25, 0.3) is 0 Å². The second kappa shape index (κ2) is 7.65. The number of rotatable bonds is 6. The molecule has 0 bridgehead atoms. The Labute approximate surface area is 123 Å².